The molecule has 0 aromatic rings. The lowest BCUT2D eigenvalue weighted by Crippen LogP contribution is -2.27. The second kappa shape index (κ2) is 3.83. The highest BCUT2D eigenvalue weighted by Crippen LogP contribution is 1.90. The van der Waals surface area contributed by atoms with E-state index >= 15 is 0 Å². The highest BCUT2D eigenvalue weighted by atomic mass is 16.6. The van der Waals surface area contributed by atoms with Gasteiger partial charge in [-0.2, -0.15) is 5.06 Å². The van der Waals surface area contributed by atoms with Crippen LogP contribution in [0.15, 0.2) is 0 Å². The fraction of sp³-hybridized carbons (Fsp3) is 1.00. The average Bonchev–Trinajstić information content (AvgIpc) is 1.67. The van der Waals surface area contributed by atoms with Crippen LogP contribution in [0.5, 0.6) is 0 Å². The number of hydrogen-bond acceptors (Lipinski definition) is 3. The van der Waals surface area contributed by atoms with E-state index in [1.807, 2.05) is 6.92 Å². The van der Waals surface area contributed by atoms with Crippen molar-refractivity contribution < 1.29 is 9.94 Å². The second-order valence-electron chi connectivity index (χ2n) is 1.63. The molecule has 0 radical (unpaired) electrons. The minimum absolute atomic E-state index is 0.194. The van der Waals surface area contributed by atoms with Crippen LogP contribution in [0.4, 0.5) is 0 Å². The summed E-state index contributed by atoms with van der Waals surface area (Å²) < 4.78 is 4.98. The molecule has 3 nitrogen and oxygen atoms in total. The maximum Gasteiger partial charge on any atom is 0.129 e. The molecule has 0 aliphatic carbocycles. The lowest BCUT2D eigenvalue weighted by molar-refractivity contribution is -0.189. The minimum Gasteiger partial charge on any atom is -0.362 e. The van der Waals surface area contributed by atoms with Gasteiger partial charge in [-0.25, -0.2) is 0 Å². The number of hydroxylamine groups is 2. The Labute approximate surface area is 49.8 Å². The zero-order chi connectivity index (χ0) is 6.57. The van der Waals surface area contributed by atoms with E-state index in [-0.39, 0.29) is 6.23 Å². The first kappa shape index (κ1) is 7.88. The van der Waals surface area contributed by atoms with E-state index in [4.69, 9.17) is 9.94 Å². The van der Waals surface area contributed by atoms with Gasteiger partial charge in [0.2, 0.25) is 0 Å². The largest absolute Gasteiger partial charge is 0.362 e. The van der Waals surface area contributed by atoms with Crippen LogP contribution in [0.3, 0.4) is 0 Å². The van der Waals surface area contributed by atoms with Crippen LogP contribution in [-0.2, 0) is 4.74 Å². The number of ether oxygens (including phenoxy) is 1. The highest BCUT2D eigenvalue weighted by Gasteiger charge is 2.02. The third-order valence-corrected chi connectivity index (χ3v) is 0.934. The van der Waals surface area contributed by atoms with Gasteiger partial charge in [0.15, 0.2) is 0 Å². The van der Waals surface area contributed by atoms with Gasteiger partial charge in [0.1, 0.15) is 6.23 Å². The highest BCUT2D eigenvalue weighted by molar-refractivity contribution is 4.34. The van der Waals surface area contributed by atoms with E-state index in [2.05, 4.69) is 0 Å². The first-order valence-electron chi connectivity index (χ1n) is 2.71. The minimum atomic E-state index is -0.194. The Morgan fingerprint density at radius 3 is 2.38 bits per heavy atom. The van der Waals surface area contributed by atoms with Crippen LogP contribution >= 0.6 is 0 Å². The van der Waals surface area contributed by atoms with Gasteiger partial charge in [-0.3, -0.25) is 0 Å². The summed E-state index contributed by atoms with van der Waals surface area (Å²) in [6.45, 7) is 4.30. The fourth-order valence-corrected chi connectivity index (χ4v) is 0.349. The second-order valence-corrected chi connectivity index (χ2v) is 1.63. The maximum absolute atomic E-state index is 8.66. The van der Waals surface area contributed by atoms with Crippen molar-refractivity contribution in [1.82, 2.24) is 5.06 Å². The molecule has 0 aliphatic heterocycles. The Kier molecular flexibility index (Phi) is 3.77. The van der Waals surface area contributed by atoms with Crippen molar-refractivity contribution in [2.75, 3.05) is 13.7 Å². The molecule has 3 heteroatoms. The van der Waals surface area contributed by atoms with Crippen LogP contribution in [0.25, 0.3) is 0 Å². The van der Waals surface area contributed by atoms with Crippen molar-refractivity contribution in [2.45, 2.75) is 20.1 Å². The molecule has 0 aliphatic rings. The van der Waals surface area contributed by atoms with Gasteiger partial charge in [-0.1, -0.05) is 0 Å². The first-order valence-corrected chi connectivity index (χ1v) is 2.71. The molecular formula is C5H13NO2. The van der Waals surface area contributed by atoms with Crippen molar-refractivity contribution in [3.8, 4) is 0 Å². The molecule has 0 aromatic carbocycles. The third kappa shape index (κ3) is 2.96. The first-order chi connectivity index (χ1) is 3.68. The van der Waals surface area contributed by atoms with E-state index in [0.717, 1.165) is 5.06 Å². The van der Waals surface area contributed by atoms with Crippen molar-refractivity contribution in [3.63, 3.8) is 0 Å². The van der Waals surface area contributed by atoms with E-state index in [1.54, 1.807) is 14.0 Å². The summed E-state index contributed by atoms with van der Waals surface area (Å²) in [4.78, 5) is 0. The summed E-state index contributed by atoms with van der Waals surface area (Å²) in [5.74, 6) is 0. The summed E-state index contributed by atoms with van der Waals surface area (Å²) in [5.41, 5.74) is 0. The summed E-state index contributed by atoms with van der Waals surface area (Å²) >= 11 is 0. The van der Waals surface area contributed by atoms with Gasteiger partial charge in [0.05, 0.1) is 0 Å². The molecule has 50 valence electrons. The predicted octanol–water partition coefficient (Wildman–Crippen LogP) is 0.690. The van der Waals surface area contributed by atoms with Crippen molar-refractivity contribution in [3.05, 3.63) is 0 Å². The van der Waals surface area contributed by atoms with Crippen molar-refractivity contribution >= 4 is 0 Å². The Balaban J connectivity index is 3.17. The molecule has 0 saturated carbocycles. The molecular weight excluding hydrogens is 106 g/mol. The van der Waals surface area contributed by atoms with Crippen LogP contribution in [0, 0.1) is 0 Å². The zero-order valence-electron chi connectivity index (χ0n) is 5.59. The van der Waals surface area contributed by atoms with Gasteiger partial charge >= 0.3 is 0 Å². The maximum atomic E-state index is 8.66. The van der Waals surface area contributed by atoms with Gasteiger partial charge < -0.3 is 9.94 Å². The Morgan fingerprint density at radius 2 is 2.25 bits per heavy atom. The Morgan fingerprint density at radius 1 is 1.75 bits per heavy atom. The van der Waals surface area contributed by atoms with Crippen LogP contribution in [0.2, 0.25) is 0 Å². The van der Waals surface area contributed by atoms with E-state index in [0.29, 0.717) is 6.61 Å². The topological polar surface area (TPSA) is 32.7 Å². The molecule has 1 unspecified atom stereocenters. The molecule has 0 spiro atoms. The predicted molar refractivity (Wildman–Crippen MR) is 30.6 cm³/mol. The van der Waals surface area contributed by atoms with Gasteiger partial charge in [-0.05, 0) is 13.8 Å². The molecule has 0 rings (SSSR count). The lowest BCUT2D eigenvalue weighted by Gasteiger charge is -2.16. The van der Waals surface area contributed by atoms with Gasteiger partial charge in [-0.15, -0.1) is 0 Å². The van der Waals surface area contributed by atoms with Crippen LogP contribution < -0.4 is 0 Å². The molecule has 1 atom stereocenters. The van der Waals surface area contributed by atoms with Crippen molar-refractivity contribution in [2.24, 2.45) is 0 Å². The summed E-state index contributed by atoms with van der Waals surface area (Å²) in [7, 11) is 1.56. The average molecular weight is 119 g/mol. The summed E-state index contributed by atoms with van der Waals surface area (Å²) in [5, 5.41) is 9.69. The zero-order valence-corrected chi connectivity index (χ0v) is 5.59. The van der Waals surface area contributed by atoms with Crippen LogP contribution in [0.1, 0.15) is 13.8 Å². The number of hydrogen-bond donors (Lipinski definition) is 1. The summed E-state index contributed by atoms with van der Waals surface area (Å²) in [6.07, 6.45) is -0.194. The van der Waals surface area contributed by atoms with Gasteiger partial charge in [0.25, 0.3) is 0 Å². The smallest absolute Gasteiger partial charge is 0.129 e. The quantitative estimate of drug-likeness (QED) is 0.438. The molecule has 0 aromatic heterocycles. The molecule has 8 heavy (non-hydrogen) atoms. The molecule has 0 fully saturated rings. The molecule has 0 bridgehead atoms. The Hall–Kier alpha value is -0.120. The van der Waals surface area contributed by atoms with E-state index in [9.17, 15) is 0 Å². The van der Waals surface area contributed by atoms with E-state index < -0.39 is 0 Å². The number of rotatable bonds is 3. The van der Waals surface area contributed by atoms with Crippen LogP contribution in [-0.4, -0.2) is 30.2 Å². The Bertz CT molecular complexity index is 56.4. The standard InChI is InChI=1S/C5H13NO2/c1-4-8-5(2)6(3)7/h5,7H,4H2,1-3H3. The van der Waals surface area contributed by atoms with Gasteiger partial charge in [0, 0.05) is 13.7 Å². The molecule has 1 N–H and O–H groups in total. The third-order valence-electron chi connectivity index (χ3n) is 0.934. The SMILES string of the molecule is CCOC(C)N(C)O. The molecule has 0 amide bonds. The normalized spacial score (nSPS) is 14.6. The molecule has 0 saturated heterocycles. The number of nitrogens with zero attached hydrogens (tertiary/aromatic N) is 1. The van der Waals surface area contributed by atoms with Crippen molar-refractivity contribution in [1.29, 1.82) is 0 Å². The van der Waals surface area contributed by atoms with E-state index in [1.165, 1.54) is 0 Å². The monoisotopic (exact) mass is 119 g/mol. The fourth-order valence-electron chi connectivity index (χ4n) is 0.349. The lowest BCUT2D eigenvalue weighted by atomic mass is 10.6. The molecule has 0 heterocycles. The summed E-state index contributed by atoms with van der Waals surface area (Å²) in [6, 6.07) is 0.